The zero-order valence-electron chi connectivity index (χ0n) is 20.1. The van der Waals surface area contributed by atoms with E-state index < -0.39 is 0 Å². The van der Waals surface area contributed by atoms with Gasteiger partial charge < -0.3 is 15.0 Å². The number of hydrogen-bond acceptors (Lipinski definition) is 4. The highest BCUT2D eigenvalue weighted by Crippen LogP contribution is 2.39. The minimum Gasteiger partial charge on any atom is -0.449 e. The van der Waals surface area contributed by atoms with Gasteiger partial charge in [-0.15, -0.1) is 0 Å². The zero-order chi connectivity index (χ0) is 24.3. The standard InChI is InChI=1S/C27H32ClN3O3/c1-27(2,3)20-8-11-23-22(17-20)31(18-25(32)29-12-15-30-13-4-5-14-30)26(33)24(34-23)16-19-6-9-21(28)10-7-19/h6-11,16-17H,4-5,12-15,18H2,1-3H3,(H,29,32)/b24-16+. The van der Waals surface area contributed by atoms with E-state index in [1.54, 1.807) is 18.2 Å². The van der Waals surface area contributed by atoms with E-state index in [4.69, 9.17) is 16.3 Å². The fraction of sp³-hybridized carbons (Fsp3) is 0.407. The quantitative estimate of drug-likeness (QED) is 0.612. The van der Waals surface area contributed by atoms with Crippen LogP contribution in [0.1, 0.15) is 44.7 Å². The molecular weight excluding hydrogens is 450 g/mol. The van der Waals surface area contributed by atoms with Gasteiger partial charge in [-0.25, -0.2) is 0 Å². The molecule has 0 atom stereocenters. The molecule has 2 amide bonds. The average molecular weight is 482 g/mol. The van der Waals surface area contributed by atoms with E-state index in [9.17, 15) is 9.59 Å². The first-order valence-electron chi connectivity index (χ1n) is 11.8. The van der Waals surface area contributed by atoms with Crippen molar-refractivity contribution in [1.82, 2.24) is 10.2 Å². The lowest BCUT2D eigenvalue weighted by atomic mass is 9.86. The summed E-state index contributed by atoms with van der Waals surface area (Å²) in [6, 6.07) is 13.0. The third kappa shape index (κ3) is 5.80. The molecule has 0 aromatic heterocycles. The molecule has 2 aliphatic heterocycles. The first-order chi connectivity index (χ1) is 16.2. The lowest BCUT2D eigenvalue weighted by Crippen LogP contribution is -2.45. The lowest BCUT2D eigenvalue weighted by molar-refractivity contribution is -0.123. The Morgan fingerprint density at radius 1 is 1.12 bits per heavy atom. The van der Waals surface area contributed by atoms with Crippen LogP contribution < -0.4 is 15.0 Å². The average Bonchev–Trinajstić information content (AvgIpc) is 3.31. The van der Waals surface area contributed by atoms with Gasteiger partial charge in [0.05, 0.1) is 5.69 Å². The molecule has 0 radical (unpaired) electrons. The summed E-state index contributed by atoms with van der Waals surface area (Å²) in [7, 11) is 0. The maximum absolute atomic E-state index is 13.5. The molecule has 0 bridgehead atoms. The van der Waals surface area contributed by atoms with Gasteiger partial charge in [0.25, 0.3) is 5.91 Å². The van der Waals surface area contributed by atoms with E-state index in [1.807, 2.05) is 30.3 Å². The zero-order valence-corrected chi connectivity index (χ0v) is 20.8. The van der Waals surface area contributed by atoms with Gasteiger partial charge in [-0.2, -0.15) is 0 Å². The molecule has 0 unspecified atom stereocenters. The molecule has 7 heteroatoms. The first kappa shape index (κ1) is 24.3. The van der Waals surface area contributed by atoms with E-state index in [0.29, 0.717) is 23.0 Å². The molecule has 2 heterocycles. The topological polar surface area (TPSA) is 61.9 Å². The number of fused-ring (bicyclic) bond motifs is 1. The lowest BCUT2D eigenvalue weighted by Gasteiger charge is -2.32. The number of carbonyl (C=O) groups excluding carboxylic acids is 2. The minimum absolute atomic E-state index is 0.0687. The number of nitrogens with zero attached hydrogens (tertiary/aromatic N) is 2. The summed E-state index contributed by atoms with van der Waals surface area (Å²) in [5, 5.41) is 3.59. The number of hydrogen-bond donors (Lipinski definition) is 1. The van der Waals surface area contributed by atoms with Crippen molar-refractivity contribution >= 4 is 35.2 Å². The van der Waals surface area contributed by atoms with Crippen molar-refractivity contribution < 1.29 is 14.3 Å². The van der Waals surface area contributed by atoms with Gasteiger partial charge in [0.15, 0.2) is 11.5 Å². The van der Waals surface area contributed by atoms with Crippen LogP contribution in [0.25, 0.3) is 6.08 Å². The Morgan fingerprint density at radius 3 is 2.50 bits per heavy atom. The third-order valence-electron chi connectivity index (χ3n) is 6.21. The van der Waals surface area contributed by atoms with E-state index in [0.717, 1.165) is 30.8 Å². The molecule has 6 nitrogen and oxygen atoms in total. The van der Waals surface area contributed by atoms with Crippen molar-refractivity contribution in [3.05, 3.63) is 64.4 Å². The molecule has 1 N–H and O–H groups in total. The number of nitrogens with one attached hydrogen (secondary N) is 1. The number of ether oxygens (including phenoxy) is 1. The molecule has 34 heavy (non-hydrogen) atoms. The van der Waals surface area contributed by atoms with Crippen LogP contribution in [0, 0.1) is 0 Å². The SMILES string of the molecule is CC(C)(C)c1ccc2c(c1)N(CC(=O)NCCN1CCCC1)C(=O)/C(=C\c1ccc(Cl)cc1)O2. The Labute approximate surface area is 206 Å². The van der Waals surface area contributed by atoms with Crippen molar-refractivity contribution in [2.75, 3.05) is 37.6 Å². The fourth-order valence-electron chi connectivity index (χ4n) is 4.20. The number of likely N-dealkylation sites (tertiary alicyclic amines) is 1. The van der Waals surface area contributed by atoms with Crippen molar-refractivity contribution in [2.24, 2.45) is 0 Å². The summed E-state index contributed by atoms with van der Waals surface area (Å²) in [5.41, 5.74) is 2.35. The van der Waals surface area contributed by atoms with Crippen LogP contribution >= 0.6 is 11.6 Å². The Balaban J connectivity index is 1.58. The van der Waals surface area contributed by atoms with Gasteiger partial charge in [0.2, 0.25) is 5.91 Å². The third-order valence-corrected chi connectivity index (χ3v) is 6.46. The summed E-state index contributed by atoms with van der Waals surface area (Å²) in [6.07, 6.45) is 4.11. The maximum atomic E-state index is 13.5. The van der Waals surface area contributed by atoms with Crippen molar-refractivity contribution in [3.63, 3.8) is 0 Å². The Bertz CT molecular complexity index is 1080. The van der Waals surface area contributed by atoms with E-state index >= 15 is 0 Å². The summed E-state index contributed by atoms with van der Waals surface area (Å²) in [4.78, 5) is 30.1. The van der Waals surface area contributed by atoms with Gasteiger partial charge >= 0.3 is 0 Å². The molecule has 2 aliphatic rings. The molecule has 2 aromatic rings. The normalized spacial score (nSPS) is 17.6. The number of carbonyl (C=O) groups is 2. The summed E-state index contributed by atoms with van der Waals surface area (Å²) in [6.45, 7) is 9.83. The van der Waals surface area contributed by atoms with Gasteiger partial charge in [-0.05, 0) is 72.8 Å². The largest absolute Gasteiger partial charge is 0.449 e. The highest BCUT2D eigenvalue weighted by Gasteiger charge is 2.33. The predicted octanol–water partition coefficient (Wildman–Crippen LogP) is 4.62. The van der Waals surface area contributed by atoms with E-state index in [2.05, 4.69) is 31.0 Å². The van der Waals surface area contributed by atoms with Crippen LogP contribution in [0.4, 0.5) is 5.69 Å². The Kier molecular flexibility index (Phi) is 7.29. The van der Waals surface area contributed by atoms with E-state index in [-0.39, 0.29) is 29.5 Å². The molecule has 1 saturated heterocycles. The second-order valence-electron chi connectivity index (χ2n) is 9.88. The summed E-state index contributed by atoms with van der Waals surface area (Å²) in [5.74, 6) is 0.191. The van der Waals surface area contributed by atoms with Crippen LogP contribution in [-0.4, -0.2) is 49.4 Å². The number of anilines is 1. The Morgan fingerprint density at radius 2 is 1.82 bits per heavy atom. The molecule has 2 aromatic carbocycles. The van der Waals surface area contributed by atoms with Crippen LogP contribution in [0.15, 0.2) is 48.2 Å². The molecule has 180 valence electrons. The van der Waals surface area contributed by atoms with Gasteiger partial charge in [-0.1, -0.05) is 50.6 Å². The number of benzene rings is 2. The maximum Gasteiger partial charge on any atom is 0.294 e. The highest BCUT2D eigenvalue weighted by atomic mass is 35.5. The number of amides is 2. The fourth-order valence-corrected chi connectivity index (χ4v) is 4.33. The van der Waals surface area contributed by atoms with Crippen LogP contribution in [0.2, 0.25) is 5.02 Å². The summed E-state index contributed by atoms with van der Waals surface area (Å²) >= 11 is 5.99. The van der Waals surface area contributed by atoms with Crippen molar-refractivity contribution in [2.45, 2.75) is 39.0 Å². The molecule has 1 fully saturated rings. The molecule has 0 spiro atoms. The smallest absolute Gasteiger partial charge is 0.294 e. The Hall–Kier alpha value is -2.83. The molecular formula is C27H32ClN3O3. The first-order valence-corrected chi connectivity index (χ1v) is 12.2. The minimum atomic E-state index is -0.344. The van der Waals surface area contributed by atoms with Gasteiger partial charge in [-0.3, -0.25) is 14.5 Å². The van der Waals surface area contributed by atoms with Crippen molar-refractivity contribution in [3.8, 4) is 5.75 Å². The number of rotatable bonds is 6. The molecule has 0 saturated carbocycles. The highest BCUT2D eigenvalue weighted by molar-refractivity contribution is 6.30. The van der Waals surface area contributed by atoms with E-state index in [1.165, 1.54) is 17.7 Å². The van der Waals surface area contributed by atoms with Crippen LogP contribution in [-0.2, 0) is 15.0 Å². The van der Waals surface area contributed by atoms with Crippen LogP contribution in [0.3, 0.4) is 0 Å². The van der Waals surface area contributed by atoms with Gasteiger partial charge in [0.1, 0.15) is 6.54 Å². The summed E-state index contributed by atoms with van der Waals surface area (Å²) < 4.78 is 6.01. The second-order valence-corrected chi connectivity index (χ2v) is 10.3. The molecule has 4 rings (SSSR count). The number of halogens is 1. The van der Waals surface area contributed by atoms with Gasteiger partial charge in [0, 0.05) is 18.1 Å². The van der Waals surface area contributed by atoms with Crippen LogP contribution in [0.5, 0.6) is 5.75 Å². The monoisotopic (exact) mass is 481 g/mol. The predicted molar refractivity (Wildman–Crippen MR) is 136 cm³/mol. The second kappa shape index (κ2) is 10.2. The van der Waals surface area contributed by atoms with Crippen molar-refractivity contribution in [1.29, 1.82) is 0 Å². The molecule has 0 aliphatic carbocycles.